The highest BCUT2D eigenvalue weighted by Gasteiger charge is 2.17. The fraction of sp³-hybridized carbons (Fsp3) is 0.444. The van der Waals surface area contributed by atoms with Gasteiger partial charge in [0.1, 0.15) is 5.82 Å². The van der Waals surface area contributed by atoms with Crippen molar-refractivity contribution in [2.75, 3.05) is 12.3 Å². The topological polar surface area (TPSA) is 50.9 Å². The molecule has 0 aromatic carbocycles. The first kappa shape index (κ1) is 10.3. The number of nitrogen functional groups attached to an aromatic ring is 1. The third-order valence-corrected chi connectivity index (χ3v) is 2.31. The van der Waals surface area contributed by atoms with Crippen LogP contribution in [0.5, 0.6) is 0 Å². The van der Waals surface area contributed by atoms with Crippen molar-refractivity contribution < 1.29 is 0 Å². The van der Waals surface area contributed by atoms with Gasteiger partial charge in [-0.05, 0) is 25.5 Å². The molecule has 1 aliphatic rings. The molecule has 1 aliphatic heterocycles. The number of nitrogens with zero attached hydrogens (tertiary/aromatic N) is 1. The van der Waals surface area contributed by atoms with Crippen LogP contribution in [-0.2, 0) is 0 Å². The molecule has 2 heterocycles. The molecule has 1 aromatic rings. The minimum Gasteiger partial charge on any atom is -0.383 e. The Morgan fingerprint density at radius 3 is 3.00 bits per heavy atom. The lowest BCUT2D eigenvalue weighted by Gasteiger charge is -2.11. The molecule has 0 bridgehead atoms. The van der Waals surface area contributed by atoms with Crippen LogP contribution in [0.3, 0.4) is 0 Å². The summed E-state index contributed by atoms with van der Waals surface area (Å²) in [6.07, 6.45) is 4.14. The average molecular weight is 200 g/mol. The number of halogens is 1. The molecule has 2 rings (SSSR count). The first-order valence-electron chi connectivity index (χ1n) is 4.31. The second-order valence-electron chi connectivity index (χ2n) is 3.13. The van der Waals surface area contributed by atoms with Gasteiger partial charge >= 0.3 is 0 Å². The largest absolute Gasteiger partial charge is 0.383 e. The quantitative estimate of drug-likeness (QED) is 0.721. The lowest BCUT2D eigenvalue weighted by molar-refractivity contribution is 0.647. The molecule has 72 valence electrons. The van der Waals surface area contributed by atoms with Gasteiger partial charge in [0.15, 0.2) is 0 Å². The van der Waals surface area contributed by atoms with Crippen molar-refractivity contribution in [3.05, 3.63) is 23.9 Å². The summed E-state index contributed by atoms with van der Waals surface area (Å²) < 4.78 is 0. The maximum atomic E-state index is 5.75. The molecule has 1 atom stereocenters. The summed E-state index contributed by atoms with van der Waals surface area (Å²) in [5.41, 5.74) is 6.90. The Balaban J connectivity index is 0.000000845. The zero-order chi connectivity index (χ0) is 8.39. The molecular formula is C9H14ClN3. The number of hydrogen-bond donors (Lipinski definition) is 2. The van der Waals surface area contributed by atoms with Crippen molar-refractivity contribution in [1.29, 1.82) is 0 Å². The normalized spacial score (nSPS) is 21.1. The summed E-state index contributed by atoms with van der Waals surface area (Å²) >= 11 is 0. The van der Waals surface area contributed by atoms with E-state index in [0.717, 1.165) is 12.1 Å². The van der Waals surface area contributed by atoms with Crippen LogP contribution in [-0.4, -0.2) is 11.5 Å². The van der Waals surface area contributed by atoms with E-state index in [-0.39, 0.29) is 12.4 Å². The van der Waals surface area contributed by atoms with Crippen LogP contribution in [0.25, 0.3) is 0 Å². The van der Waals surface area contributed by atoms with Crippen LogP contribution in [0.1, 0.15) is 24.4 Å². The monoisotopic (exact) mass is 199 g/mol. The van der Waals surface area contributed by atoms with Gasteiger partial charge in [-0.3, -0.25) is 0 Å². The molecule has 3 nitrogen and oxygen atoms in total. The Kier molecular flexibility index (Phi) is 3.51. The maximum absolute atomic E-state index is 5.75. The third-order valence-electron chi connectivity index (χ3n) is 2.31. The van der Waals surface area contributed by atoms with Crippen LogP contribution in [0.4, 0.5) is 5.82 Å². The van der Waals surface area contributed by atoms with Crippen LogP contribution in [0.15, 0.2) is 18.3 Å². The molecule has 0 unspecified atom stereocenters. The summed E-state index contributed by atoms with van der Waals surface area (Å²) in [6, 6.07) is 4.41. The molecular weight excluding hydrogens is 186 g/mol. The summed E-state index contributed by atoms with van der Waals surface area (Å²) in [7, 11) is 0. The van der Waals surface area contributed by atoms with Crippen molar-refractivity contribution >= 4 is 18.2 Å². The summed E-state index contributed by atoms with van der Waals surface area (Å²) in [6.45, 7) is 1.10. The van der Waals surface area contributed by atoms with Crippen molar-refractivity contribution in [3.8, 4) is 0 Å². The SMILES string of the molecule is Cl.Nc1ncccc1[C@@H]1CCCN1. The second kappa shape index (κ2) is 4.44. The van der Waals surface area contributed by atoms with Gasteiger partial charge in [0, 0.05) is 17.8 Å². The Morgan fingerprint density at radius 2 is 2.38 bits per heavy atom. The highest BCUT2D eigenvalue weighted by molar-refractivity contribution is 5.85. The van der Waals surface area contributed by atoms with Crippen LogP contribution in [0, 0.1) is 0 Å². The molecule has 0 spiro atoms. The smallest absolute Gasteiger partial charge is 0.128 e. The predicted octanol–water partition coefficient (Wildman–Crippen LogP) is 1.51. The minimum absolute atomic E-state index is 0. The highest BCUT2D eigenvalue weighted by Crippen LogP contribution is 2.25. The number of pyridine rings is 1. The lowest BCUT2D eigenvalue weighted by Crippen LogP contribution is -2.14. The molecule has 0 radical (unpaired) electrons. The van der Waals surface area contributed by atoms with Crippen molar-refractivity contribution in [1.82, 2.24) is 10.3 Å². The van der Waals surface area contributed by atoms with E-state index < -0.39 is 0 Å². The van der Waals surface area contributed by atoms with E-state index in [9.17, 15) is 0 Å². The van der Waals surface area contributed by atoms with E-state index in [4.69, 9.17) is 5.73 Å². The van der Waals surface area contributed by atoms with Crippen LogP contribution in [0.2, 0.25) is 0 Å². The minimum atomic E-state index is 0. The molecule has 1 saturated heterocycles. The molecule has 0 saturated carbocycles. The number of nitrogens with two attached hydrogens (primary N) is 1. The Morgan fingerprint density at radius 1 is 1.54 bits per heavy atom. The van der Waals surface area contributed by atoms with Crippen molar-refractivity contribution in [2.24, 2.45) is 0 Å². The molecule has 1 aromatic heterocycles. The number of aromatic nitrogens is 1. The number of anilines is 1. The van der Waals surface area contributed by atoms with Gasteiger partial charge in [-0.2, -0.15) is 0 Å². The fourth-order valence-corrected chi connectivity index (χ4v) is 1.67. The summed E-state index contributed by atoms with van der Waals surface area (Å²) in [5, 5.41) is 3.39. The van der Waals surface area contributed by atoms with E-state index in [0.29, 0.717) is 11.9 Å². The molecule has 1 fully saturated rings. The van der Waals surface area contributed by atoms with E-state index in [2.05, 4.69) is 10.3 Å². The number of hydrogen-bond acceptors (Lipinski definition) is 3. The van der Waals surface area contributed by atoms with Crippen molar-refractivity contribution in [3.63, 3.8) is 0 Å². The summed E-state index contributed by atoms with van der Waals surface area (Å²) in [5.74, 6) is 0.664. The Labute approximate surface area is 84.1 Å². The Bertz CT molecular complexity index is 271. The van der Waals surface area contributed by atoms with Gasteiger partial charge in [0.05, 0.1) is 0 Å². The fourth-order valence-electron chi connectivity index (χ4n) is 1.67. The molecule has 3 N–H and O–H groups in total. The molecule has 0 aliphatic carbocycles. The van der Waals surface area contributed by atoms with E-state index in [1.54, 1.807) is 6.20 Å². The lowest BCUT2D eigenvalue weighted by atomic mass is 10.1. The second-order valence-corrected chi connectivity index (χ2v) is 3.13. The first-order chi connectivity index (χ1) is 5.88. The van der Waals surface area contributed by atoms with Gasteiger partial charge in [0.25, 0.3) is 0 Å². The van der Waals surface area contributed by atoms with Gasteiger partial charge in [-0.15, -0.1) is 12.4 Å². The highest BCUT2D eigenvalue weighted by atomic mass is 35.5. The molecule has 13 heavy (non-hydrogen) atoms. The zero-order valence-electron chi connectivity index (χ0n) is 7.36. The average Bonchev–Trinajstić information content (AvgIpc) is 2.57. The maximum Gasteiger partial charge on any atom is 0.128 e. The van der Waals surface area contributed by atoms with Gasteiger partial charge < -0.3 is 11.1 Å². The zero-order valence-corrected chi connectivity index (χ0v) is 8.18. The summed E-state index contributed by atoms with van der Waals surface area (Å²) in [4.78, 5) is 4.06. The standard InChI is InChI=1S/C9H13N3.ClH/c10-9-7(3-1-6-12-9)8-4-2-5-11-8;/h1,3,6,8,11H,2,4-5H2,(H2,10,12);1H/t8-;/m0./s1. The van der Waals surface area contributed by atoms with Crippen LogP contribution >= 0.6 is 12.4 Å². The van der Waals surface area contributed by atoms with Gasteiger partial charge in [-0.1, -0.05) is 6.07 Å². The van der Waals surface area contributed by atoms with E-state index in [1.807, 2.05) is 12.1 Å². The number of rotatable bonds is 1. The van der Waals surface area contributed by atoms with E-state index in [1.165, 1.54) is 12.8 Å². The van der Waals surface area contributed by atoms with E-state index >= 15 is 0 Å². The molecule has 4 heteroatoms. The third kappa shape index (κ3) is 2.11. The molecule has 0 amide bonds. The predicted molar refractivity (Wildman–Crippen MR) is 55.9 cm³/mol. The first-order valence-corrected chi connectivity index (χ1v) is 4.31. The van der Waals surface area contributed by atoms with Gasteiger partial charge in [-0.25, -0.2) is 4.98 Å². The van der Waals surface area contributed by atoms with Gasteiger partial charge in [0.2, 0.25) is 0 Å². The van der Waals surface area contributed by atoms with Crippen molar-refractivity contribution in [2.45, 2.75) is 18.9 Å². The Hall–Kier alpha value is -0.800. The van der Waals surface area contributed by atoms with Crippen LogP contribution < -0.4 is 11.1 Å². The number of nitrogens with one attached hydrogen (secondary N) is 1.